The Labute approximate surface area is 160 Å². The van der Waals surface area contributed by atoms with Crippen LogP contribution >= 0.6 is 11.6 Å². The van der Waals surface area contributed by atoms with Crippen molar-refractivity contribution in [1.82, 2.24) is 9.55 Å². The molecule has 2 aromatic rings. The van der Waals surface area contributed by atoms with Crippen molar-refractivity contribution in [3.63, 3.8) is 0 Å². The molecule has 1 aromatic carbocycles. The Morgan fingerprint density at radius 1 is 1.11 bits per heavy atom. The van der Waals surface area contributed by atoms with Gasteiger partial charge in [-0.2, -0.15) is 13.2 Å². The van der Waals surface area contributed by atoms with Gasteiger partial charge in [-0.05, 0) is 49.9 Å². The van der Waals surface area contributed by atoms with Crippen molar-refractivity contribution in [2.45, 2.75) is 37.8 Å². The zero-order chi connectivity index (χ0) is 19.8. The van der Waals surface area contributed by atoms with Crippen LogP contribution < -0.4 is 10.5 Å². The fourth-order valence-corrected chi connectivity index (χ4v) is 3.65. The molecule has 4 nitrogen and oxygen atoms in total. The minimum Gasteiger partial charge on any atom is -0.363 e. The van der Waals surface area contributed by atoms with Gasteiger partial charge >= 0.3 is 6.18 Å². The Bertz CT molecular complexity index is 854. The van der Waals surface area contributed by atoms with Crippen molar-refractivity contribution in [1.29, 1.82) is 0 Å². The summed E-state index contributed by atoms with van der Waals surface area (Å²) in [7, 11) is 3.55. The van der Waals surface area contributed by atoms with Crippen molar-refractivity contribution < 1.29 is 13.2 Å². The molecule has 1 heterocycles. The van der Waals surface area contributed by atoms with Gasteiger partial charge in [-0.25, -0.2) is 4.98 Å². The van der Waals surface area contributed by atoms with Gasteiger partial charge in [-0.1, -0.05) is 11.6 Å². The molecule has 0 saturated heterocycles. The predicted octanol–water partition coefficient (Wildman–Crippen LogP) is 4.79. The van der Waals surface area contributed by atoms with Crippen LogP contribution in [0, 0.1) is 5.92 Å². The molecule has 0 amide bonds. The number of hydrogen-bond acceptors (Lipinski definition) is 3. The van der Waals surface area contributed by atoms with Gasteiger partial charge in [0.1, 0.15) is 11.6 Å². The second-order valence-corrected chi connectivity index (χ2v) is 7.54. The van der Waals surface area contributed by atoms with E-state index in [0.717, 1.165) is 0 Å². The van der Waals surface area contributed by atoms with Crippen LogP contribution in [0.4, 0.5) is 19.0 Å². The minimum absolute atomic E-state index is 0.0524. The van der Waals surface area contributed by atoms with Crippen molar-refractivity contribution in [2.24, 2.45) is 5.92 Å². The molecule has 0 aliphatic heterocycles. The van der Waals surface area contributed by atoms with Gasteiger partial charge in [0, 0.05) is 31.1 Å². The molecular formula is C19H21ClF3N3O. The summed E-state index contributed by atoms with van der Waals surface area (Å²) >= 11 is 5.94. The monoisotopic (exact) mass is 399 g/mol. The van der Waals surface area contributed by atoms with E-state index in [1.165, 1.54) is 10.6 Å². The first kappa shape index (κ1) is 19.7. The third-order valence-electron chi connectivity index (χ3n) is 5.03. The van der Waals surface area contributed by atoms with E-state index in [0.29, 0.717) is 35.2 Å². The second kappa shape index (κ2) is 7.54. The quantitative estimate of drug-likeness (QED) is 0.745. The minimum atomic E-state index is -4.17. The normalized spacial score (nSPS) is 20.5. The van der Waals surface area contributed by atoms with E-state index < -0.39 is 12.1 Å². The summed E-state index contributed by atoms with van der Waals surface area (Å²) in [5, 5.41) is 0.539. The first-order chi connectivity index (χ1) is 12.7. The number of anilines is 1. The largest absolute Gasteiger partial charge is 0.391 e. The Hall–Kier alpha value is -2.02. The standard InChI is InChI=1S/C19H21ClF3N3O/c1-25(2)16-11-17(27)26(15-9-7-14(20)8-10-15)18(24-16)12-3-5-13(6-4-12)19(21,22)23/h7-13H,3-6H2,1-2H3/t12-,13+. The molecule has 0 bridgehead atoms. The van der Waals surface area contributed by atoms with Crippen LogP contribution in [0.15, 0.2) is 35.1 Å². The van der Waals surface area contributed by atoms with E-state index in [4.69, 9.17) is 11.6 Å². The van der Waals surface area contributed by atoms with E-state index in [1.807, 2.05) is 0 Å². The van der Waals surface area contributed by atoms with Crippen LogP contribution in [0.2, 0.25) is 5.02 Å². The van der Waals surface area contributed by atoms with Crippen LogP contribution in [0.3, 0.4) is 0 Å². The van der Waals surface area contributed by atoms with E-state index >= 15 is 0 Å². The molecular weight excluding hydrogens is 379 g/mol. The van der Waals surface area contributed by atoms with Gasteiger partial charge in [0.05, 0.1) is 11.6 Å². The first-order valence-corrected chi connectivity index (χ1v) is 9.18. The molecule has 27 heavy (non-hydrogen) atoms. The fourth-order valence-electron chi connectivity index (χ4n) is 3.52. The molecule has 1 aromatic heterocycles. The molecule has 146 valence electrons. The summed E-state index contributed by atoms with van der Waals surface area (Å²) in [5.74, 6) is -0.472. The second-order valence-electron chi connectivity index (χ2n) is 7.11. The van der Waals surface area contributed by atoms with Gasteiger partial charge in [-0.15, -0.1) is 0 Å². The Morgan fingerprint density at radius 2 is 1.70 bits per heavy atom. The van der Waals surface area contributed by atoms with E-state index in [-0.39, 0.29) is 24.3 Å². The first-order valence-electron chi connectivity index (χ1n) is 8.81. The zero-order valence-corrected chi connectivity index (χ0v) is 15.9. The molecule has 1 aliphatic carbocycles. The fraction of sp³-hybridized carbons (Fsp3) is 0.474. The zero-order valence-electron chi connectivity index (χ0n) is 15.1. The Morgan fingerprint density at radius 3 is 2.22 bits per heavy atom. The molecule has 0 N–H and O–H groups in total. The highest BCUT2D eigenvalue weighted by Gasteiger charge is 2.42. The summed E-state index contributed by atoms with van der Waals surface area (Å²) in [6.45, 7) is 0. The molecule has 8 heteroatoms. The van der Waals surface area contributed by atoms with Gasteiger partial charge in [0.25, 0.3) is 5.56 Å². The van der Waals surface area contributed by atoms with E-state index in [9.17, 15) is 18.0 Å². The molecule has 0 unspecified atom stereocenters. The maximum atomic E-state index is 13.0. The number of aromatic nitrogens is 2. The molecule has 1 saturated carbocycles. The van der Waals surface area contributed by atoms with Crippen LogP contribution in [-0.2, 0) is 0 Å². The van der Waals surface area contributed by atoms with Crippen molar-refractivity contribution >= 4 is 17.4 Å². The highest BCUT2D eigenvalue weighted by Crippen LogP contribution is 2.42. The maximum absolute atomic E-state index is 13.0. The average Bonchev–Trinajstić information content (AvgIpc) is 2.61. The summed E-state index contributed by atoms with van der Waals surface area (Å²) in [5.41, 5.74) is 0.346. The van der Waals surface area contributed by atoms with Crippen molar-refractivity contribution in [3.8, 4) is 5.69 Å². The van der Waals surface area contributed by atoms with Crippen LogP contribution in [-0.4, -0.2) is 29.8 Å². The molecule has 0 spiro atoms. The Kier molecular flexibility index (Phi) is 5.51. The number of hydrogen-bond donors (Lipinski definition) is 0. The van der Waals surface area contributed by atoms with Gasteiger partial charge in [-0.3, -0.25) is 9.36 Å². The van der Waals surface area contributed by atoms with Crippen LogP contribution in [0.25, 0.3) is 5.69 Å². The predicted molar refractivity (Wildman–Crippen MR) is 99.9 cm³/mol. The highest BCUT2D eigenvalue weighted by molar-refractivity contribution is 6.30. The molecule has 0 radical (unpaired) electrons. The lowest BCUT2D eigenvalue weighted by molar-refractivity contribution is -0.182. The molecule has 1 fully saturated rings. The number of benzene rings is 1. The third kappa shape index (κ3) is 4.29. The third-order valence-corrected chi connectivity index (χ3v) is 5.28. The maximum Gasteiger partial charge on any atom is 0.391 e. The van der Waals surface area contributed by atoms with Crippen molar-refractivity contribution in [2.75, 3.05) is 19.0 Å². The van der Waals surface area contributed by atoms with Gasteiger partial charge in [0.15, 0.2) is 0 Å². The van der Waals surface area contributed by atoms with E-state index in [1.54, 1.807) is 43.3 Å². The lowest BCUT2D eigenvalue weighted by Gasteiger charge is -2.31. The van der Waals surface area contributed by atoms with Gasteiger partial charge in [0.2, 0.25) is 0 Å². The van der Waals surface area contributed by atoms with Crippen molar-refractivity contribution in [3.05, 3.63) is 51.5 Å². The van der Waals surface area contributed by atoms with E-state index in [2.05, 4.69) is 4.98 Å². The van der Waals surface area contributed by atoms with Crippen LogP contribution in [0.5, 0.6) is 0 Å². The molecule has 0 atom stereocenters. The summed E-state index contributed by atoms with van der Waals surface area (Å²) in [4.78, 5) is 19.1. The summed E-state index contributed by atoms with van der Waals surface area (Å²) in [6.07, 6.45) is -3.37. The summed E-state index contributed by atoms with van der Waals surface area (Å²) in [6, 6.07) is 8.21. The number of alkyl halides is 3. The SMILES string of the molecule is CN(C)c1cc(=O)n(-c2ccc(Cl)cc2)c([C@H]2CC[C@@H](C(F)(F)F)CC2)n1. The topological polar surface area (TPSA) is 38.1 Å². The molecule has 1 aliphatic rings. The highest BCUT2D eigenvalue weighted by atomic mass is 35.5. The summed E-state index contributed by atoms with van der Waals surface area (Å²) < 4.78 is 40.5. The number of rotatable bonds is 3. The number of nitrogens with zero attached hydrogens (tertiary/aromatic N) is 3. The smallest absolute Gasteiger partial charge is 0.363 e. The molecule has 3 rings (SSSR count). The lowest BCUT2D eigenvalue weighted by atomic mass is 9.81. The van der Waals surface area contributed by atoms with Crippen LogP contribution in [0.1, 0.15) is 37.4 Å². The number of halogens is 4. The van der Waals surface area contributed by atoms with Gasteiger partial charge < -0.3 is 4.90 Å². The average molecular weight is 400 g/mol. The lowest BCUT2D eigenvalue weighted by Crippen LogP contribution is -2.31. The Balaban J connectivity index is 2.02.